The lowest BCUT2D eigenvalue weighted by atomic mass is 9.80. The number of nitrogens with one attached hydrogen (secondary N) is 2. The van der Waals surface area contributed by atoms with E-state index < -0.39 is 17.5 Å². The smallest absolute Gasteiger partial charge is 0.325 e. The van der Waals surface area contributed by atoms with Gasteiger partial charge in [0.1, 0.15) is 12.1 Å². The van der Waals surface area contributed by atoms with Crippen LogP contribution in [0.2, 0.25) is 5.02 Å². The van der Waals surface area contributed by atoms with Crippen LogP contribution in [0, 0.1) is 0 Å². The molecular formula is C20H20ClN3O3S. The summed E-state index contributed by atoms with van der Waals surface area (Å²) in [5.74, 6) is -0.758. The molecule has 4 rings (SSSR count). The lowest BCUT2D eigenvalue weighted by Crippen LogP contribution is -2.47. The van der Waals surface area contributed by atoms with Crippen LogP contribution in [0.5, 0.6) is 0 Å². The fraction of sp³-hybridized carbons (Fsp3) is 0.350. The number of aryl methyl sites for hydroxylation is 1. The highest BCUT2D eigenvalue weighted by Crippen LogP contribution is 2.42. The number of carbonyl (C=O) groups excluding carboxylic acids is 3. The van der Waals surface area contributed by atoms with Gasteiger partial charge in [0.25, 0.3) is 5.91 Å². The zero-order valence-corrected chi connectivity index (χ0v) is 16.9. The Hall–Kier alpha value is -2.38. The van der Waals surface area contributed by atoms with E-state index >= 15 is 0 Å². The molecule has 4 amide bonds. The first kappa shape index (κ1) is 19.0. The summed E-state index contributed by atoms with van der Waals surface area (Å²) in [6.07, 6.45) is 2.28. The first-order valence-electron chi connectivity index (χ1n) is 9.17. The number of imide groups is 1. The fourth-order valence-corrected chi connectivity index (χ4v) is 5.32. The summed E-state index contributed by atoms with van der Waals surface area (Å²) in [5.41, 5.74) is 0.620. The average Bonchev–Trinajstić information content (AvgIpc) is 3.23. The Bertz CT molecular complexity index is 960. The summed E-state index contributed by atoms with van der Waals surface area (Å²) in [4.78, 5) is 40.3. The molecule has 0 radical (unpaired) electrons. The molecule has 2 aliphatic rings. The predicted molar refractivity (Wildman–Crippen MR) is 107 cm³/mol. The van der Waals surface area contributed by atoms with Gasteiger partial charge in [-0.3, -0.25) is 14.5 Å². The van der Waals surface area contributed by atoms with E-state index in [2.05, 4.69) is 10.6 Å². The topological polar surface area (TPSA) is 78.5 Å². The number of halogens is 1. The van der Waals surface area contributed by atoms with Gasteiger partial charge in [0.05, 0.1) is 6.04 Å². The number of rotatable bonds is 4. The zero-order chi connectivity index (χ0) is 19.9. The van der Waals surface area contributed by atoms with Crippen molar-refractivity contribution in [2.45, 2.75) is 37.8 Å². The van der Waals surface area contributed by atoms with Gasteiger partial charge in [0, 0.05) is 15.5 Å². The Morgan fingerprint density at radius 3 is 2.93 bits per heavy atom. The minimum atomic E-state index is -1.03. The van der Waals surface area contributed by atoms with E-state index in [1.807, 2.05) is 36.6 Å². The molecule has 1 fully saturated rings. The number of hydrogen-bond acceptors (Lipinski definition) is 4. The first-order chi connectivity index (χ1) is 13.4. The van der Waals surface area contributed by atoms with Gasteiger partial charge < -0.3 is 10.6 Å². The number of hydrogen-bond donors (Lipinski definition) is 2. The molecule has 2 heterocycles. The molecule has 28 heavy (non-hydrogen) atoms. The second-order valence-electron chi connectivity index (χ2n) is 7.15. The molecule has 8 heteroatoms. The van der Waals surface area contributed by atoms with Crippen LogP contribution in [0.25, 0.3) is 0 Å². The van der Waals surface area contributed by atoms with Gasteiger partial charge in [-0.1, -0.05) is 29.8 Å². The second-order valence-corrected chi connectivity index (χ2v) is 8.56. The molecule has 0 saturated carbocycles. The third-order valence-corrected chi connectivity index (χ3v) is 6.71. The van der Waals surface area contributed by atoms with E-state index in [9.17, 15) is 14.4 Å². The number of benzene rings is 1. The quantitative estimate of drug-likeness (QED) is 0.748. The van der Waals surface area contributed by atoms with Crippen molar-refractivity contribution < 1.29 is 14.4 Å². The molecule has 2 N–H and O–H groups in total. The molecule has 2 atom stereocenters. The molecule has 146 valence electrons. The van der Waals surface area contributed by atoms with Crippen LogP contribution in [0.1, 0.15) is 41.8 Å². The van der Waals surface area contributed by atoms with Gasteiger partial charge in [-0.25, -0.2) is 4.79 Å². The number of fused-ring (bicyclic) bond motifs is 2. The van der Waals surface area contributed by atoms with Crippen molar-refractivity contribution in [2.24, 2.45) is 0 Å². The van der Waals surface area contributed by atoms with E-state index in [4.69, 9.17) is 11.6 Å². The van der Waals surface area contributed by atoms with Crippen LogP contribution < -0.4 is 10.6 Å². The summed E-state index contributed by atoms with van der Waals surface area (Å²) < 4.78 is 0. The lowest BCUT2D eigenvalue weighted by Gasteiger charge is -2.31. The molecule has 6 nitrogen and oxygen atoms in total. The highest BCUT2D eigenvalue weighted by Gasteiger charge is 2.54. The molecule has 1 spiro atoms. The maximum Gasteiger partial charge on any atom is 0.325 e. The van der Waals surface area contributed by atoms with E-state index in [0.717, 1.165) is 33.7 Å². The molecule has 0 unspecified atom stereocenters. The standard InChI is InChI=1S/C20H20ClN3O3S/c1-12(13-5-2-3-6-15(13)21)22-17(25)11-24-18(26)20(23-19(24)27)9-4-7-16-14(20)8-10-28-16/h2-3,5-6,8,10,12H,4,7,9,11H2,1H3,(H,22,25)(H,23,27)/t12-,20-/m0/s1. The maximum atomic E-state index is 13.1. The van der Waals surface area contributed by atoms with Gasteiger partial charge in [-0.05, 0) is 49.3 Å². The van der Waals surface area contributed by atoms with Crippen LogP contribution in [-0.4, -0.2) is 29.3 Å². The SMILES string of the molecule is C[C@H](NC(=O)CN1C(=O)N[C@]2(CCCc3sccc32)C1=O)c1ccccc1Cl. The van der Waals surface area contributed by atoms with Crippen molar-refractivity contribution >= 4 is 40.8 Å². The molecule has 1 saturated heterocycles. The largest absolute Gasteiger partial charge is 0.348 e. The third kappa shape index (κ3) is 3.08. The number of thiophene rings is 1. The summed E-state index contributed by atoms with van der Waals surface area (Å²) in [6.45, 7) is 1.49. The van der Waals surface area contributed by atoms with Crippen LogP contribution in [0.3, 0.4) is 0 Å². The molecule has 0 bridgehead atoms. The van der Waals surface area contributed by atoms with Crippen LogP contribution in [-0.2, 0) is 21.5 Å². The van der Waals surface area contributed by atoms with Crippen LogP contribution in [0.15, 0.2) is 35.7 Å². The first-order valence-corrected chi connectivity index (χ1v) is 10.4. The van der Waals surface area contributed by atoms with E-state index in [-0.39, 0.29) is 18.5 Å². The summed E-state index contributed by atoms with van der Waals surface area (Å²) in [6, 6.07) is 8.28. The van der Waals surface area contributed by atoms with E-state index in [1.54, 1.807) is 17.4 Å². The number of nitrogens with zero attached hydrogens (tertiary/aromatic N) is 1. The van der Waals surface area contributed by atoms with E-state index in [1.165, 1.54) is 0 Å². The molecule has 1 aliphatic carbocycles. The third-order valence-electron chi connectivity index (χ3n) is 5.39. The molecular weight excluding hydrogens is 398 g/mol. The Morgan fingerprint density at radius 1 is 1.36 bits per heavy atom. The summed E-state index contributed by atoms with van der Waals surface area (Å²) >= 11 is 7.77. The lowest BCUT2D eigenvalue weighted by molar-refractivity contribution is -0.135. The van der Waals surface area contributed by atoms with Gasteiger partial charge in [-0.15, -0.1) is 11.3 Å². The van der Waals surface area contributed by atoms with Crippen molar-refractivity contribution in [3.8, 4) is 0 Å². The highest BCUT2D eigenvalue weighted by molar-refractivity contribution is 7.10. The second kappa shape index (κ2) is 7.22. The van der Waals surface area contributed by atoms with Gasteiger partial charge in [0.2, 0.25) is 5.91 Å². The Kier molecular flexibility index (Phi) is 4.89. The fourth-order valence-electron chi connectivity index (χ4n) is 4.02. The van der Waals surface area contributed by atoms with Crippen molar-refractivity contribution in [3.63, 3.8) is 0 Å². The summed E-state index contributed by atoms with van der Waals surface area (Å²) in [7, 11) is 0. The predicted octanol–water partition coefficient (Wildman–Crippen LogP) is 3.36. The monoisotopic (exact) mass is 417 g/mol. The van der Waals surface area contributed by atoms with Crippen molar-refractivity contribution in [1.29, 1.82) is 0 Å². The minimum Gasteiger partial charge on any atom is -0.348 e. The Labute approximate surface area is 171 Å². The molecule has 1 aromatic heterocycles. The number of urea groups is 1. The molecule has 2 aromatic rings. The minimum absolute atomic E-state index is 0.319. The van der Waals surface area contributed by atoms with Gasteiger partial charge in [0.15, 0.2) is 0 Å². The van der Waals surface area contributed by atoms with Crippen LogP contribution in [0.4, 0.5) is 4.79 Å². The van der Waals surface area contributed by atoms with Crippen molar-refractivity contribution in [3.05, 3.63) is 56.7 Å². The van der Waals surface area contributed by atoms with Crippen molar-refractivity contribution in [2.75, 3.05) is 6.54 Å². The summed E-state index contributed by atoms with van der Waals surface area (Å²) in [5, 5.41) is 8.16. The molecule has 1 aromatic carbocycles. The zero-order valence-electron chi connectivity index (χ0n) is 15.3. The highest BCUT2D eigenvalue weighted by atomic mass is 35.5. The molecule has 1 aliphatic heterocycles. The van der Waals surface area contributed by atoms with Gasteiger partial charge >= 0.3 is 6.03 Å². The Morgan fingerprint density at radius 2 is 2.14 bits per heavy atom. The van der Waals surface area contributed by atoms with Crippen molar-refractivity contribution in [1.82, 2.24) is 15.5 Å². The van der Waals surface area contributed by atoms with E-state index in [0.29, 0.717) is 11.4 Å². The van der Waals surface area contributed by atoms with Gasteiger partial charge in [-0.2, -0.15) is 0 Å². The number of carbonyl (C=O) groups is 3. The average molecular weight is 418 g/mol. The van der Waals surface area contributed by atoms with Crippen LogP contribution >= 0.6 is 22.9 Å². The maximum absolute atomic E-state index is 13.1. The normalized spacial score (nSPS) is 22.1. The Balaban J connectivity index is 1.49. The number of amides is 4.